The molecular weight excluding hydrogens is 164 g/mol. The van der Waals surface area contributed by atoms with E-state index in [1.807, 2.05) is 0 Å². The summed E-state index contributed by atoms with van der Waals surface area (Å²) in [7, 11) is 0. The van der Waals surface area contributed by atoms with Crippen LogP contribution in [0.3, 0.4) is 0 Å². The first-order chi connectivity index (χ1) is 6.31. The van der Waals surface area contributed by atoms with E-state index in [0.717, 1.165) is 24.5 Å². The number of nitrogens with one attached hydrogen (secondary N) is 1. The maximum atomic E-state index is 5.89. The number of H-pyrrole nitrogens is 1. The molecular formula is C9H16N4. The zero-order chi connectivity index (χ0) is 9.26. The van der Waals surface area contributed by atoms with E-state index in [0.29, 0.717) is 5.92 Å². The topological polar surface area (TPSA) is 67.6 Å². The third-order valence-electron chi connectivity index (χ3n) is 2.42. The molecule has 0 radical (unpaired) electrons. The molecule has 1 aromatic rings. The number of nitrogens with two attached hydrogens (primary N) is 1. The van der Waals surface area contributed by atoms with Crippen LogP contribution in [0.1, 0.15) is 56.2 Å². The SMILES string of the molecule is CCC[C@@H](N)c1n[nH]c(C2CC2)n1. The molecule has 2 rings (SSSR count). The van der Waals surface area contributed by atoms with Crippen molar-refractivity contribution in [2.75, 3.05) is 0 Å². The van der Waals surface area contributed by atoms with Crippen LogP contribution in [0.2, 0.25) is 0 Å². The van der Waals surface area contributed by atoms with Crippen molar-refractivity contribution in [2.24, 2.45) is 5.73 Å². The highest BCUT2D eigenvalue weighted by Gasteiger charge is 2.27. The highest BCUT2D eigenvalue weighted by Crippen LogP contribution is 2.38. The average Bonchev–Trinajstić information content (AvgIpc) is 2.84. The summed E-state index contributed by atoms with van der Waals surface area (Å²) in [5.74, 6) is 2.44. The van der Waals surface area contributed by atoms with Gasteiger partial charge < -0.3 is 5.73 Å². The van der Waals surface area contributed by atoms with Gasteiger partial charge in [0.25, 0.3) is 0 Å². The summed E-state index contributed by atoms with van der Waals surface area (Å²) < 4.78 is 0. The minimum absolute atomic E-state index is 0.00810. The van der Waals surface area contributed by atoms with Gasteiger partial charge in [0.1, 0.15) is 5.82 Å². The second-order valence-corrected chi connectivity index (χ2v) is 3.75. The van der Waals surface area contributed by atoms with Crippen LogP contribution in [0.4, 0.5) is 0 Å². The van der Waals surface area contributed by atoms with Gasteiger partial charge in [0, 0.05) is 5.92 Å². The first-order valence-corrected chi connectivity index (χ1v) is 4.99. The van der Waals surface area contributed by atoms with Crippen LogP contribution >= 0.6 is 0 Å². The summed E-state index contributed by atoms with van der Waals surface area (Å²) in [6.07, 6.45) is 4.53. The monoisotopic (exact) mass is 180 g/mol. The Morgan fingerprint density at radius 3 is 3.00 bits per heavy atom. The maximum Gasteiger partial charge on any atom is 0.167 e. The first kappa shape index (κ1) is 8.69. The van der Waals surface area contributed by atoms with E-state index < -0.39 is 0 Å². The third kappa shape index (κ3) is 1.88. The van der Waals surface area contributed by atoms with Crippen LogP contribution in [-0.2, 0) is 0 Å². The van der Waals surface area contributed by atoms with E-state index >= 15 is 0 Å². The van der Waals surface area contributed by atoms with Gasteiger partial charge in [-0.15, -0.1) is 0 Å². The fraction of sp³-hybridized carbons (Fsp3) is 0.778. The number of aromatic nitrogens is 3. The molecule has 1 aliphatic carbocycles. The molecule has 1 aromatic heterocycles. The predicted molar refractivity (Wildman–Crippen MR) is 50.2 cm³/mol. The molecule has 4 heteroatoms. The van der Waals surface area contributed by atoms with Gasteiger partial charge >= 0.3 is 0 Å². The molecule has 0 aromatic carbocycles. The zero-order valence-electron chi connectivity index (χ0n) is 7.95. The molecule has 72 valence electrons. The van der Waals surface area contributed by atoms with Crippen molar-refractivity contribution in [3.63, 3.8) is 0 Å². The minimum atomic E-state index is 0.00810. The summed E-state index contributed by atoms with van der Waals surface area (Å²) in [6, 6.07) is 0.00810. The molecule has 1 aliphatic rings. The summed E-state index contributed by atoms with van der Waals surface area (Å²) in [5.41, 5.74) is 5.89. The lowest BCUT2D eigenvalue weighted by molar-refractivity contribution is 0.604. The van der Waals surface area contributed by atoms with Gasteiger partial charge in [-0.25, -0.2) is 4.98 Å². The number of hydrogen-bond acceptors (Lipinski definition) is 3. The second-order valence-electron chi connectivity index (χ2n) is 3.75. The van der Waals surface area contributed by atoms with Gasteiger partial charge in [-0.1, -0.05) is 13.3 Å². The Morgan fingerprint density at radius 1 is 1.62 bits per heavy atom. The lowest BCUT2D eigenvalue weighted by Crippen LogP contribution is -2.11. The van der Waals surface area contributed by atoms with Crippen LogP contribution in [0, 0.1) is 0 Å². The Morgan fingerprint density at radius 2 is 2.38 bits per heavy atom. The fourth-order valence-corrected chi connectivity index (χ4v) is 1.43. The Balaban J connectivity index is 2.03. The Hall–Kier alpha value is -0.900. The summed E-state index contributed by atoms with van der Waals surface area (Å²) in [4.78, 5) is 4.40. The normalized spacial score (nSPS) is 18.9. The standard InChI is InChI=1S/C9H16N4/c1-2-3-7(10)9-11-8(12-13-9)6-4-5-6/h6-7H,2-5,10H2,1H3,(H,11,12,13)/t7-/m1/s1. The second kappa shape index (κ2) is 3.46. The Bertz CT molecular complexity index is 277. The van der Waals surface area contributed by atoms with Crippen LogP contribution in [-0.4, -0.2) is 15.2 Å². The molecule has 1 saturated carbocycles. The quantitative estimate of drug-likeness (QED) is 0.737. The van der Waals surface area contributed by atoms with Gasteiger partial charge in [0.15, 0.2) is 5.82 Å². The molecule has 1 heterocycles. The predicted octanol–water partition coefficient (Wildman–Crippen LogP) is 1.48. The lowest BCUT2D eigenvalue weighted by Gasteiger charge is -2.03. The van der Waals surface area contributed by atoms with Gasteiger partial charge in [0.2, 0.25) is 0 Å². The molecule has 3 N–H and O–H groups in total. The van der Waals surface area contributed by atoms with Gasteiger partial charge in [-0.2, -0.15) is 5.10 Å². The summed E-state index contributed by atoms with van der Waals surface area (Å²) in [6.45, 7) is 2.12. The number of hydrogen-bond donors (Lipinski definition) is 2. The summed E-state index contributed by atoms with van der Waals surface area (Å²) >= 11 is 0. The number of rotatable bonds is 4. The zero-order valence-corrected chi connectivity index (χ0v) is 7.95. The highest BCUT2D eigenvalue weighted by molar-refractivity contribution is 5.06. The van der Waals surface area contributed by atoms with Crippen molar-refractivity contribution in [2.45, 2.75) is 44.6 Å². The Labute approximate surface area is 77.9 Å². The molecule has 0 bridgehead atoms. The van der Waals surface area contributed by atoms with E-state index in [-0.39, 0.29) is 6.04 Å². The minimum Gasteiger partial charge on any atom is -0.321 e. The summed E-state index contributed by atoms with van der Waals surface area (Å²) in [5, 5.41) is 7.10. The van der Waals surface area contributed by atoms with Gasteiger partial charge in [-0.3, -0.25) is 5.10 Å². The maximum absolute atomic E-state index is 5.89. The molecule has 0 saturated heterocycles. The van der Waals surface area contributed by atoms with Crippen LogP contribution in [0.15, 0.2) is 0 Å². The van der Waals surface area contributed by atoms with E-state index in [4.69, 9.17) is 5.73 Å². The van der Waals surface area contributed by atoms with Crippen molar-refractivity contribution in [1.82, 2.24) is 15.2 Å². The van der Waals surface area contributed by atoms with Gasteiger partial charge in [-0.05, 0) is 19.3 Å². The molecule has 0 unspecified atom stereocenters. The van der Waals surface area contributed by atoms with Crippen molar-refractivity contribution in [3.8, 4) is 0 Å². The van der Waals surface area contributed by atoms with Crippen molar-refractivity contribution >= 4 is 0 Å². The van der Waals surface area contributed by atoms with E-state index in [1.165, 1.54) is 12.8 Å². The largest absolute Gasteiger partial charge is 0.321 e. The fourth-order valence-electron chi connectivity index (χ4n) is 1.43. The van der Waals surface area contributed by atoms with Crippen molar-refractivity contribution < 1.29 is 0 Å². The molecule has 0 aliphatic heterocycles. The van der Waals surface area contributed by atoms with Crippen LogP contribution in [0.25, 0.3) is 0 Å². The lowest BCUT2D eigenvalue weighted by atomic mass is 10.2. The molecule has 1 atom stereocenters. The molecule has 1 fully saturated rings. The molecule has 13 heavy (non-hydrogen) atoms. The van der Waals surface area contributed by atoms with E-state index in [1.54, 1.807) is 0 Å². The van der Waals surface area contributed by atoms with Crippen molar-refractivity contribution in [3.05, 3.63) is 11.6 Å². The van der Waals surface area contributed by atoms with E-state index in [2.05, 4.69) is 22.1 Å². The molecule has 0 spiro atoms. The van der Waals surface area contributed by atoms with Crippen LogP contribution < -0.4 is 5.73 Å². The van der Waals surface area contributed by atoms with Gasteiger partial charge in [0.05, 0.1) is 6.04 Å². The third-order valence-corrected chi connectivity index (χ3v) is 2.42. The Kier molecular flexibility index (Phi) is 2.31. The average molecular weight is 180 g/mol. The van der Waals surface area contributed by atoms with Crippen molar-refractivity contribution in [1.29, 1.82) is 0 Å². The van der Waals surface area contributed by atoms with E-state index in [9.17, 15) is 0 Å². The molecule has 4 nitrogen and oxygen atoms in total. The number of aromatic amines is 1. The first-order valence-electron chi connectivity index (χ1n) is 4.99. The molecule has 0 amide bonds. The highest BCUT2D eigenvalue weighted by atomic mass is 15.2. The van der Waals surface area contributed by atoms with Crippen LogP contribution in [0.5, 0.6) is 0 Å². The smallest absolute Gasteiger partial charge is 0.167 e. The number of nitrogens with zero attached hydrogens (tertiary/aromatic N) is 2.